The van der Waals surface area contributed by atoms with Gasteiger partial charge in [0.15, 0.2) is 0 Å². The van der Waals surface area contributed by atoms with Crippen molar-refractivity contribution >= 4 is 13.0 Å². The minimum atomic E-state index is -3.66. The largest absolute Gasteiger partial charge is 0.443 e. The van der Waals surface area contributed by atoms with Crippen LogP contribution in [-0.2, 0) is 13.6 Å². The van der Waals surface area contributed by atoms with E-state index in [1.165, 1.54) is 0 Å². The molecule has 0 spiro atoms. The second-order valence-corrected chi connectivity index (χ2v) is 6.44. The molecule has 1 aromatic carbocycles. The van der Waals surface area contributed by atoms with E-state index in [9.17, 15) is 10.1 Å². The van der Waals surface area contributed by atoms with Crippen LogP contribution in [0, 0.1) is 0 Å². The van der Waals surface area contributed by atoms with Crippen molar-refractivity contribution < 1.29 is 18.4 Å². The number of hydrogen-bond donors (Lipinski definition) is 0. The van der Waals surface area contributed by atoms with Crippen LogP contribution in [-0.4, -0.2) is 22.5 Å². The predicted octanol–water partition coefficient (Wildman–Crippen LogP) is 3.71. The van der Waals surface area contributed by atoms with Gasteiger partial charge < -0.3 is 5.53 Å². The Labute approximate surface area is 113 Å². The van der Waals surface area contributed by atoms with Gasteiger partial charge in [-0.25, -0.2) is 4.57 Å². The van der Waals surface area contributed by atoms with E-state index in [0.717, 1.165) is 0 Å². The van der Waals surface area contributed by atoms with Crippen LogP contribution in [0.4, 0.5) is 0 Å². The Balaban J connectivity index is 3.23. The third-order valence-electron chi connectivity index (χ3n) is 2.09. The lowest BCUT2D eigenvalue weighted by Crippen LogP contribution is -2.16. The highest BCUT2D eigenvalue weighted by molar-refractivity contribution is 7.72. The first kappa shape index (κ1) is 15.8. The molecule has 104 valence electrons. The van der Waals surface area contributed by atoms with Gasteiger partial charge in [-0.2, -0.15) is 4.79 Å². The van der Waals surface area contributed by atoms with Crippen molar-refractivity contribution in [2.24, 2.45) is 0 Å². The molecule has 0 saturated heterocycles. The molecule has 0 atom stereocenters. The van der Waals surface area contributed by atoms with Crippen molar-refractivity contribution in [1.82, 2.24) is 0 Å². The molecule has 5 nitrogen and oxygen atoms in total. The Morgan fingerprint density at radius 3 is 1.95 bits per heavy atom. The Bertz CT molecular complexity index is 494. The molecule has 0 bridgehead atoms. The van der Waals surface area contributed by atoms with Crippen molar-refractivity contribution in [3.05, 3.63) is 41.4 Å². The molecule has 0 heterocycles. The van der Waals surface area contributed by atoms with Gasteiger partial charge in [0.05, 0.1) is 17.8 Å². The zero-order valence-corrected chi connectivity index (χ0v) is 12.5. The van der Waals surface area contributed by atoms with Gasteiger partial charge in [0.25, 0.3) is 0 Å². The van der Waals surface area contributed by atoms with Crippen LogP contribution in [0.5, 0.6) is 0 Å². The Kier molecular flexibility index (Phi) is 5.64. The number of benzene rings is 1. The number of rotatable bonds is 6. The summed E-state index contributed by atoms with van der Waals surface area (Å²) in [5.74, 6) is 0. The molecule has 0 aliphatic carbocycles. The van der Waals surface area contributed by atoms with Crippen molar-refractivity contribution in [2.45, 2.75) is 39.9 Å². The molecule has 0 aromatic heterocycles. The Morgan fingerprint density at radius 2 is 1.58 bits per heavy atom. The lowest BCUT2D eigenvalue weighted by atomic mass is 10.2. The summed E-state index contributed by atoms with van der Waals surface area (Å²) in [7, 11) is -3.66. The first-order chi connectivity index (χ1) is 8.89. The van der Waals surface area contributed by atoms with E-state index in [-0.39, 0.29) is 17.7 Å². The van der Waals surface area contributed by atoms with Crippen LogP contribution in [0.15, 0.2) is 30.3 Å². The molecule has 0 fully saturated rings. The van der Waals surface area contributed by atoms with Gasteiger partial charge in [-0.15, -0.1) is 0 Å². The normalized spacial score (nSPS) is 11.7. The second-order valence-electron chi connectivity index (χ2n) is 4.60. The summed E-state index contributed by atoms with van der Waals surface area (Å²) in [4.78, 5) is 3.14. The highest BCUT2D eigenvalue weighted by Gasteiger charge is 2.43. The summed E-state index contributed by atoms with van der Waals surface area (Å²) in [5.41, 5.74) is 9.63. The maximum absolute atomic E-state index is 12.8. The first-order valence-corrected chi connectivity index (χ1v) is 7.68. The Hall–Kier alpha value is -1.25. The van der Waals surface area contributed by atoms with Crippen LogP contribution >= 0.6 is 7.60 Å². The molecule has 0 unspecified atom stereocenters. The molecule has 1 aromatic rings. The SMILES string of the molecule is CC(C)OP(=O)(OC(C)C)C(=[N+]=[N-])c1ccccc1. The van der Waals surface area contributed by atoms with Gasteiger partial charge in [0.1, 0.15) is 0 Å². The van der Waals surface area contributed by atoms with Crippen LogP contribution < -0.4 is 0 Å². The second kappa shape index (κ2) is 6.78. The minimum Gasteiger partial charge on any atom is -0.360 e. The van der Waals surface area contributed by atoms with Crippen LogP contribution in [0.3, 0.4) is 0 Å². The van der Waals surface area contributed by atoms with Crippen LogP contribution in [0.25, 0.3) is 5.53 Å². The van der Waals surface area contributed by atoms with Gasteiger partial charge in [-0.3, -0.25) is 9.05 Å². The summed E-state index contributed by atoms with van der Waals surface area (Å²) in [6.45, 7) is 6.99. The first-order valence-electron chi connectivity index (χ1n) is 6.14. The van der Waals surface area contributed by atoms with E-state index >= 15 is 0 Å². The average molecular weight is 282 g/mol. The molecule has 0 aliphatic rings. The van der Waals surface area contributed by atoms with E-state index in [4.69, 9.17) is 9.05 Å². The van der Waals surface area contributed by atoms with Gasteiger partial charge in [-0.1, -0.05) is 18.2 Å². The number of hydrogen-bond acceptors (Lipinski definition) is 3. The van der Waals surface area contributed by atoms with Crippen molar-refractivity contribution in [2.75, 3.05) is 0 Å². The summed E-state index contributed by atoms with van der Waals surface area (Å²) >= 11 is 0. The fourth-order valence-corrected chi connectivity index (χ4v) is 3.47. The van der Waals surface area contributed by atoms with Crippen LogP contribution in [0.2, 0.25) is 0 Å². The van der Waals surface area contributed by atoms with Gasteiger partial charge in [-0.05, 0) is 39.8 Å². The van der Waals surface area contributed by atoms with E-state index in [1.54, 1.807) is 52.0 Å². The van der Waals surface area contributed by atoms with E-state index < -0.39 is 7.60 Å². The molecule has 6 heteroatoms. The highest BCUT2D eigenvalue weighted by atomic mass is 31.2. The third kappa shape index (κ3) is 4.41. The molecule has 0 radical (unpaired) electrons. The molecule has 19 heavy (non-hydrogen) atoms. The standard InChI is InChI=1S/C13H19N2O3P/c1-10(2)17-19(16,18-11(3)4)13(15-14)12-8-6-5-7-9-12/h5-11H,1-4H3. The van der Waals surface area contributed by atoms with Gasteiger partial charge in [0, 0.05) is 0 Å². The molecule has 0 saturated carbocycles. The lowest BCUT2D eigenvalue weighted by molar-refractivity contribution is -0.00411. The summed E-state index contributed by atoms with van der Waals surface area (Å²) in [6.07, 6.45) is -0.630. The fourth-order valence-electron chi connectivity index (χ4n) is 1.54. The highest BCUT2D eigenvalue weighted by Crippen LogP contribution is 2.52. The maximum atomic E-state index is 12.8. The van der Waals surface area contributed by atoms with E-state index in [2.05, 4.69) is 4.79 Å². The molecule has 1 rings (SSSR count). The van der Waals surface area contributed by atoms with E-state index in [0.29, 0.717) is 5.56 Å². The van der Waals surface area contributed by atoms with Gasteiger partial charge in [0.2, 0.25) is 0 Å². The van der Waals surface area contributed by atoms with E-state index in [1.807, 2.05) is 6.07 Å². The number of nitrogens with zero attached hydrogens (tertiary/aromatic N) is 2. The smallest absolute Gasteiger partial charge is 0.360 e. The minimum absolute atomic E-state index is 0.0736. The fraction of sp³-hybridized carbons (Fsp3) is 0.462. The van der Waals surface area contributed by atoms with Gasteiger partial charge >= 0.3 is 13.0 Å². The predicted molar refractivity (Wildman–Crippen MR) is 74.2 cm³/mol. The summed E-state index contributed by atoms with van der Waals surface area (Å²) < 4.78 is 23.6. The zero-order valence-electron chi connectivity index (χ0n) is 11.6. The molecule has 0 aliphatic heterocycles. The van der Waals surface area contributed by atoms with Crippen molar-refractivity contribution in [3.63, 3.8) is 0 Å². The Morgan fingerprint density at radius 1 is 1.11 bits per heavy atom. The molecule has 0 amide bonds. The summed E-state index contributed by atoms with van der Waals surface area (Å²) in [6, 6.07) is 8.71. The average Bonchev–Trinajstić information content (AvgIpc) is 2.28. The monoisotopic (exact) mass is 282 g/mol. The quantitative estimate of drug-likeness (QED) is 0.345. The van der Waals surface area contributed by atoms with Crippen molar-refractivity contribution in [3.8, 4) is 0 Å². The topological polar surface area (TPSA) is 71.9 Å². The van der Waals surface area contributed by atoms with Crippen molar-refractivity contribution in [1.29, 1.82) is 0 Å². The maximum Gasteiger partial charge on any atom is 0.443 e. The summed E-state index contributed by atoms with van der Waals surface area (Å²) in [5, 5.41) is 0. The molecule has 0 N–H and O–H groups in total. The lowest BCUT2D eigenvalue weighted by Gasteiger charge is -2.19. The molecular weight excluding hydrogens is 263 g/mol. The van der Waals surface area contributed by atoms with Crippen LogP contribution in [0.1, 0.15) is 33.3 Å². The third-order valence-corrected chi connectivity index (χ3v) is 4.35. The molecular formula is C13H19N2O3P. The zero-order chi connectivity index (χ0) is 14.5.